The summed E-state index contributed by atoms with van der Waals surface area (Å²) < 4.78 is 39.7. The topological polar surface area (TPSA) is 72.9 Å². The Bertz CT molecular complexity index is 992. The molecular weight excluding hydrogens is 413 g/mol. The zero-order valence-corrected chi connectivity index (χ0v) is 15.8. The molecule has 0 saturated carbocycles. The van der Waals surface area contributed by atoms with E-state index in [-0.39, 0.29) is 16.5 Å². The van der Waals surface area contributed by atoms with Gasteiger partial charge in [0, 0.05) is 5.56 Å². The minimum Gasteiger partial charge on any atom is -0.337 e. The van der Waals surface area contributed by atoms with E-state index in [1.807, 2.05) is 30.3 Å². The van der Waals surface area contributed by atoms with Crippen molar-refractivity contribution in [2.45, 2.75) is 11.3 Å². The maximum Gasteiger partial charge on any atom is 0.416 e. The first kappa shape index (κ1) is 20.1. The maximum atomic E-state index is 12.8. The van der Waals surface area contributed by atoms with Crippen LogP contribution in [0.5, 0.6) is 0 Å². The largest absolute Gasteiger partial charge is 0.416 e. The van der Waals surface area contributed by atoms with Crippen molar-refractivity contribution in [3.63, 3.8) is 0 Å². The Hall–Kier alpha value is -2.65. The van der Waals surface area contributed by atoms with Crippen LogP contribution in [0.3, 0.4) is 0 Å². The Labute approximate surface area is 167 Å². The molecule has 0 bridgehead atoms. The molecule has 0 aliphatic carbocycles. The van der Waals surface area contributed by atoms with Gasteiger partial charge in [-0.3, -0.25) is 4.79 Å². The van der Waals surface area contributed by atoms with Crippen molar-refractivity contribution in [1.82, 2.24) is 9.66 Å². The number of nitrogens with one attached hydrogen (secondary N) is 1. The Morgan fingerprint density at radius 2 is 1.93 bits per heavy atom. The van der Waals surface area contributed by atoms with E-state index in [9.17, 15) is 18.0 Å². The summed E-state index contributed by atoms with van der Waals surface area (Å²) in [6.45, 7) is 0. The van der Waals surface area contributed by atoms with Crippen LogP contribution < -0.4 is 11.2 Å². The molecule has 3 rings (SSSR count). The molecule has 0 fully saturated rings. The van der Waals surface area contributed by atoms with Crippen molar-refractivity contribution in [2.24, 2.45) is 0 Å². The number of nitrogens with zero attached hydrogens (tertiary/aromatic N) is 2. The number of thioether (sulfide) groups is 1. The zero-order chi connectivity index (χ0) is 20.3. The van der Waals surface area contributed by atoms with Gasteiger partial charge in [-0.05, 0) is 18.2 Å². The van der Waals surface area contributed by atoms with Crippen molar-refractivity contribution >= 4 is 35.0 Å². The van der Waals surface area contributed by atoms with E-state index in [4.69, 9.17) is 17.4 Å². The molecule has 0 saturated heterocycles. The minimum atomic E-state index is -4.53. The molecule has 0 unspecified atom stereocenters. The molecule has 1 amide bonds. The van der Waals surface area contributed by atoms with E-state index >= 15 is 0 Å². The first-order valence-electron chi connectivity index (χ1n) is 7.93. The van der Waals surface area contributed by atoms with E-state index < -0.39 is 17.6 Å². The fourth-order valence-corrected chi connectivity index (χ4v) is 3.21. The Morgan fingerprint density at radius 3 is 2.61 bits per heavy atom. The van der Waals surface area contributed by atoms with E-state index in [0.717, 1.165) is 35.5 Å². The predicted octanol–water partition coefficient (Wildman–Crippen LogP) is 4.67. The summed E-state index contributed by atoms with van der Waals surface area (Å²) in [6.07, 6.45) is -2.91. The highest BCUT2D eigenvalue weighted by atomic mass is 35.5. The lowest BCUT2D eigenvalue weighted by Crippen LogP contribution is -2.16. The van der Waals surface area contributed by atoms with Crippen LogP contribution in [0.4, 0.5) is 18.9 Å². The molecule has 0 spiro atoms. The average Bonchev–Trinajstić information content (AvgIpc) is 3.02. The minimum absolute atomic E-state index is 0.0121. The van der Waals surface area contributed by atoms with Gasteiger partial charge >= 0.3 is 6.18 Å². The second-order valence-electron chi connectivity index (χ2n) is 5.71. The van der Waals surface area contributed by atoms with Crippen molar-refractivity contribution < 1.29 is 18.0 Å². The molecule has 0 aliphatic rings. The van der Waals surface area contributed by atoms with Gasteiger partial charge in [0.05, 0.1) is 33.9 Å². The fraction of sp³-hybridized carbons (Fsp3) is 0.111. The SMILES string of the molecule is Nn1cc(-c2ccccc2)nc1SCC(=O)Nc1cc(C(F)(F)F)ccc1Cl. The summed E-state index contributed by atoms with van der Waals surface area (Å²) in [5.41, 5.74) is 0.508. The van der Waals surface area contributed by atoms with Crippen LogP contribution >= 0.6 is 23.4 Å². The highest BCUT2D eigenvalue weighted by Gasteiger charge is 2.31. The molecule has 3 aromatic rings. The van der Waals surface area contributed by atoms with Gasteiger partial charge in [0.25, 0.3) is 0 Å². The molecule has 2 aromatic carbocycles. The number of nitrogens with two attached hydrogens (primary N) is 1. The first-order valence-corrected chi connectivity index (χ1v) is 9.29. The Kier molecular flexibility index (Phi) is 5.85. The molecule has 1 heterocycles. The van der Waals surface area contributed by atoms with Gasteiger partial charge in [0.15, 0.2) is 5.16 Å². The normalized spacial score (nSPS) is 11.4. The molecule has 146 valence electrons. The summed E-state index contributed by atoms with van der Waals surface area (Å²) in [7, 11) is 0. The number of carbonyl (C=O) groups excluding carboxylic acids is 1. The average molecular weight is 427 g/mol. The number of nitrogen functional groups attached to an aromatic ring is 1. The number of alkyl halides is 3. The molecule has 3 N–H and O–H groups in total. The predicted molar refractivity (Wildman–Crippen MR) is 104 cm³/mol. The first-order chi connectivity index (χ1) is 13.2. The van der Waals surface area contributed by atoms with Crippen LogP contribution in [0, 0.1) is 0 Å². The third kappa shape index (κ3) is 4.79. The number of rotatable bonds is 5. The number of hydrogen-bond donors (Lipinski definition) is 2. The molecule has 1 aromatic heterocycles. The van der Waals surface area contributed by atoms with Crippen molar-refractivity contribution in [1.29, 1.82) is 0 Å². The summed E-state index contributed by atoms with van der Waals surface area (Å²) >= 11 is 6.93. The van der Waals surface area contributed by atoms with Crippen molar-refractivity contribution in [3.8, 4) is 11.3 Å². The number of halogens is 4. The van der Waals surface area contributed by atoms with E-state index in [0.29, 0.717) is 10.9 Å². The monoisotopic (exact) mass is 426 g/mol. The lowest BCUT2D eigenvalue weighted by Gasteiger charge is -2.11. The van der Waals surface area contributed by atoms with Gasteiger partial charge in [-0.15, -0.1) is 0 Å². The van der Waals surface area contributed by atoms with Gasteiger partial charge in [0.2, 0.25) is 5.91 Å². The lowest BCUT2D eigenvalue weighted by molar-refractivity contribution is -0.137. The summed E-state index contributed by atoms with van der Waals surface area (Å²) in [5, 5.41) is 2.79. The number of hydrogen-bond acceptors (Lipinski definition) is 4. The van der Waals surface area contributed by atoms with Crippen LogP contribution in [0.15, 0.2) is 59.9 Å². The number of aromatic nitrogens is 2. The molecule has 28 heavy (non-hydrogen) atoms. The third-order valence-corrected chi connectivity index (χ3v) is 4.96. The zero-order valence-electron chi connectivity index (χ0n) is 14.2. The standard InChI is InChI=1S/C18H14ClF3N4OS/c19-13-7-6-12(18(20,21)22)8-14(13)24-16(27)10-28-17-25-15(9-26(17)23)11-4-2-1-3-5-11/h1-9H,10,23H2,(H,24,27). The second-order valence-corrected chi connectivity index (χ2v) is 7.06. The van der Waals surface area contributed by atoms with Crippen LogP contribution in [-0.2, 0) is 11.0 Å². The summed E-state index contributed by atoms with van der Waals surface area (Å²) in [4.78, 5) is 16.5. The Balaban J connectivity index is 1.66. The Morgan fingerprint density at radius 1 is 1.21 bits per heavy atom. The smallest absolute Gasteiger partial charge is 0.337 e. The van der Waals surface area contributed by atoms with Crippen molar-refractivity contribution in [3.05, 3.63) is 65.3 Å². The lowest BCUT2D eigenvalue weighted by atomic mass is 10.2. The molecule has 0 aliphatic heterocycles. The number of amides is 1. The van der Waals surface area contributed by atoms with Gasteiger partial charge in [-0.25, -0.2) is 9.66 Å². The molecule has 0 atom stereocenters. The van der Waals surface area contributed by atoms with Gasteiger partial charge in [-0.2, -0.15) is 13.2 Å². The van der Waals surface area contributed by atoms with Gasteiger partial charge < -0.3 is 11.2 Å². The number of imidazole rings is 1. The van der Waals surface area contributed by atoms with Crippen LogP contribution in [-0.4, -0.2) is 21.3 Å². The van der Waals surface area contributed by atoms with Crippen molar-refractivity contribution in [2.75, 3.05) is 16.9 Å². The second kappa shape index (κ2) is 8.15. The molecular formula is C18H14ClF3N4OS. The van der Waals surface area contributed by atoms with Crippen LogP contribution in [0.25, 0.3) is 11.3 Å². The molecule has 10 heteroatoms. The van der Waals surface area contributed by atoms with E-state index in [1.54, 1.807) is 6.20 Å². The number of benzene rings is 2. The fourth-order valence-electron chi connectivity index (χ4n) is 2.35. The molecule has 5 nitrogen and oxygen atoms in total. The number of carbonyl (C=O) groups is 1. The highest BCUT2D eigenvalue weighted by molar-refractivity contribution is 7.99. The summed E-state index contributed by atoms with van der Waals surface area (Å²) in [6, 6.07) is 12.1. The van der Waals surface area contributed by atoms with Crippen LogP contribution in [0.2, 0.25) is 5.02 Å². The highest BCUT2D eigenvalue weighted by Crippen LogP contribution is 2.34. The maximum absolute atomic E-state index is 12.8. The van der Waals surface area contributed by atoms with Crippen LogP contribution in [0.1, 0.15) is 5.56 Å². The van der Waals surface area contributed by atoms with Gasteiger partial charge in [0.1, 0.15) is 0 Å². The van der Waals surface area contributed by atoms with E-state index in [2.05, 4.69) is 10.3 Å². The van der Waals surface area contributed by atoms with Gasteiger partial charge in [-0.1, -0.05) is 53.7 Å². The molecule has 0 radical (unpaired) electrons. The summed E-state index contributed by atoms with van der Waals surface area (Å²) in [5.74, 6) is 5.23. The van der Waals surface area contributed by atoms with E-state index in [1.165, 1.54) is 4.68 Å². The number of anilines is 1. The quantitative estimate of drug-likeness (QED) is 0.459. The third-order valence-electron chi connectivity index (χ3n) is 3.67.